The maximum atomic E-state index is 12.8. The topological polar surface area (TPSA) is 78.9 Å². The molecule has 0 aromatic heterocycles. The Labute approximate surface area is 411 Å². The van der Waals surface area contributed by atoms with Crippen LogP contribution in [-0.4, -0.2) is 37.2 Å². The minimum Gasteiger partial charge on any atom is -0.462 e. The van der Waals surface area contributed by atoms with Crippen LogP contribution in [0.25, 0.3) is 0 Å². The standard InChI is InChI=1S/C60H112O6/c1-4-7-10-13-16-19-21-23-25-27-28-29-30-31-32-34-35-37-39-41-44-47-50-53-59(62)65-56-57(55-64-58(61)52-49-46-43-18-15-12-9-6-3)66-60(63)54-51-48-45-42-40-38-36-33-26-24-22-20-17-14-11-8-5-2/h17,20,24,26,57H,4-16,18-19,21-23,25,27-56H2,1-3H3/b20-17-,26-24-. The molecule has 1 unspecified atom stereocenters. The molecule has 66 heavy (non-hydrogen) atoms. The highest BCUT2D eigenvalue weighted by atomic mass is 16.6. The third-order valence-corrected chi connectivity index (χ3v) is 13.2. The lowest BCUT2D eigenvalue weighted by Crippen LogP contribution is -2.30. The summed E-state index contributed by atoms with van der Waals surface area (Å²) < 4.78 is 16.8. The van der Waals surface area contributed by atoms with Crippen LogP contribution < -0.4 is 0 Å². The molecule has 0 amide bonds. The van der Waals surface area contributed by atoms with Gasteiger partial charge in [-0.15, -0.1) is 0 Å². The van der Waals surface area contributed by atoms with E-state index in [-0.39, 0.29) is 31.1 Å². The van der Waals surface area contributed by atoms with Crippen molar-refractivity contribution < 1.29 is 28.6 Å². The summed E-state index contributed by atoms with van der Waals surface area (Å²) in [4.78, 5) is 38.0. The second kappa shape index (κ2) is 55.5. The van der Waals surface area contributed by atoms with Crippen LogP contribution in [0.2, 0.25) is 0 Å². The lowest BCUT2D eigenvalue weighted by molar-refractivity contribution is -0.167. The Morgan fingerprint density at radius 3 is 0.864 bits per heavy atom. The minimum atomic E-state index is -0.769. The van der Waals surface area contributed by atoms with Gasteiger partial charge in [0.25, 0.3) is 0 Å². The number of carbonyl (C=O) groups is 3. The van der Waals surface area contributed by atoms with Crippen LogP contribution in [0.1, 0.15) is 323 Å². The van der Waals surface area contributed by atoms with Gasteiger partial charge in [-0.25, -0.2) is 0 Å². The van der Waals surface area contributed by atoms with E-state index in [0.717, 1.165) is 70.6 Å². The van der Waals surface area contributed by atoms with Gasteiger partial charge in [0.2, 0.25) is 0 Å². The van der Waals surface area contributed by atoms with Gasteiger partial charge in [0.1, 0.15) is 13.2 Å². The molecule has 0 aromatic carbocycles. The van der Waals surface area contributed by atoms with Crippen molar-refractivity contribution in [2.24, 2.45) is 0 Å². The van der Waals surface area contributed by atoms with Gasteiger partial charge in [0.15, 0.2) is 6.10 Å². The van der Waals surface area contributed by atoms with Crippen LogP contribution in [0.15, 0.2) is 24.3 Å². The zero-order valence-electron chi connectivity index (χ0n) is 44.5. The zero-order valence-corrected chi connectivity index (χ0v) is 44.5. The molecule has 0 bridgehead atoms. The van der Waals surface area contributed by atoms with E-state index in [0.29, 0.717) is 19.3 Å². The molecule has 0 N–H and O–H groups in total. The molecule has 6 heteroatoms. The van der Waals surface area contributed by atoms with Crippen LogP contribution in [0.3, 0.4) is 0 Å². The van der Waals surface area contributed by atoms with E-state index < -0.39 is 6.10 Å². The molecule has 0 saturated heterocycles. The van der Waals surface area contributed by atoms with Crippen LogP contribution in [0.4, 0.5) is 0 Å². The number of hydrogen-bond donors (Lipinski definition) is 0. The number of hydrogen-bond acceptors (Lipinski definition) is 6. The Morgan fingerprint density at radius 2 is 0.545 bits per heavy atom. The van der Waals surface area contributed by atoms with E-state index in [1.54, 1.807) is 0 Å². The molecule has 0 aliphatic carbocycles. The van der Waals surface area contributed by atoms with E-state index in [2.05, 4.69) is 45.1 Å². The molecule has 1 atom stereocenters. The molecule has 0 fully saturated rings. The fraction of sp³-hybridized carbons (Fsp3) is 0.883. The van der Waals surface area contributed by atoms with Gasteiger partial charge in [0.05, 0.1) is 0 Å². The smallest absolute Gasteiger partial charge is 0.306 e. The number of esters is 3. The van der Waals surface area contributed by atoms with Crippen molar-refractivity contribution in [3.63, 3.8) is 0 Å². The van der Waals surface area contributed by atoms with Gasteiger partial charge in [0, 0.05) is 19.3 Å². The highest BCUT2D eigenvalue weighted by Crippen LogP contribution is 2.17. The van der Waals surface area contributed by atoms with Gasteiger partial charge < -0.3 is 14.2 Å². The predicted octanol–water partition coefficient (Wildman–Crippen LogP) is 19.5. The van der Waals surface area contributed by atoms with Gasteiger partial charge in [-0.3, -0.25) is 14.4 Å². The highest BCUT2D eigenvalue weighted by molar-refractivity contribution is 5.71. The predicted molar refractivity (Wildman–Crippen MR) is 284 cm³/mol. The van der Waals surface area contributed by atoms with Crippen molar-refractivity contribution in [3.8, 4) is 0 Å². The van der Waals surface area contributed by atoms with Crippen molar-refractivity contribution in [3.05, 3.63) is 24.3 Å². The number of carbonyl (C=O) groups excluding carboxylic acids is 3. The summed E-state index contributed by atoms with van der Waals surface area (Å²) in [6.07, 6.45) is 64.8. The van der Waals surface area contributed by atoms with Crippen LogP contribution in [0, 0.1) is 0 Å². The molecule has 0 aliphatic heterocycles. The lowest BCUT2D eigenvalue weighted by atomic mass is 10.0. The summed E-state index contributed by atoms with van der Waals surface area (Å²) in [5.74, 6) is -0.863. The maximum absolute atomic E-state index is 12.8. The molecular formula is C60H112O6. The molecule has 388 valence electrons. The first-order valence-corrected chi connectivity index (χ1v) is 29.3. The normalized spacial score (nSPS) is 12.1. The fourth-order valence-electron chi connectivity index (χ4n) is 8.77. The molecule has 0 saturated carbocycles. The third-order valence-electron chi connectivity index (χ3n) is 13.2. The van der Waals surface area contributed by atoms with E-state index in [9.17, 15) is 14.4 Å². The van der Waals surface area contributed by atoms with Crippen molar-refractivity contribution in [2.75, 3.05) is 13.2 Å². The van der Waals surface area contributed by atoms with Gasteiger partial charge >= 0.3 is 17.9 Å². The summed E-state index contributed by atoms with van der Waals surface area (Å²) in [5, 5.41) is 0. The summed E-state index contributed by atoms with van der Waals surface area (Å²) >= 11 is 0. The molecule has 0 heterocycles. The molecule has 0 radical (unpaired) electrons. The number of allylic oxidation sites excluding steroid dienone is 4. The Kier molecular flexibility index (Phi) is 53.7. The third kappa shape index (κ3) is 52.9. The van der Waals surface area contributed by atoms with Crippen LogP contribution >= 0.6 is 0 Å². The molecule has 6 nitrogen and oxygen atoms in total. The van der Waals surface area contributed by atoms with E-state index >= 15 is 0 Å². The first kappa shape index (κ1) is 63.9. The van der Waals surface area contributed by atoms with Crippen molar-refractivity contribution >= 4 is 17.9 Å². The molecular weight excluding hydrogens is 817 g/mol. The van der Waals surface area contributed by atoms with E-state index in [1.165, 1.54) is 212 Å². The summed E-state index contributed by atoms with van der Waals surface area (Å²) in [5.41, 5.74) is 0. The van der Waals surface area contributed by atoms with Crippen molar-refractivity contribution in [1.29, 1.82) is 0 Å². The van der Waals surface area contributed by atoms with Crippen molar-refractivity contribution in [2.45, 2.75) is 329 Å². The molecule has 0 rings (SSSR count). The average Bonchev–Trinajstić information content (AvgIpc) is 3.31. The largest absolute Gasteiger partial charge is 0.462 e. The summed E-state index contributed by atoms with van der Waals surface area (Å²) in [7, 11) is 0. The Bertz CT molecular complexity index is 1070. The first-order valence-electron chi connectivity index (χ1n) is 29.3. The number of unbranched alkanes of at least 4 members (excludes halogenated alkanes) is 39. The quantitative estimate of drug-likeness (QED) is 0.0262. The first-order chi connectivity index (χ1) is 32.5. The van der Waals surface area contributed by atoms with E-state index in [1.807, 2.05) is 0 Å². The van der Waals surface area contributed by atoms with Crippen molar-refractivity contribution in [1.82, 2.24) is 0 Å². The molecule has 0 spiro atoms. The average molecular weight is 930 g/mol. The monoisotopic (exact) mass is 929 g/mol. The molecule has 0 aromatic rings. The Hall–Kier alpha value is -2.11. The fourth-order valence-corrected chi connectivity index (χ4v) is 8.77. The van der Waals surface area contributed by atoms with Gasteiger partial charge in [-0.2, -0.15) is 0 Å². The zero-order chi connectivity index (χ0) is 47.9. The number of rotatable bonds is 54. The SMILES string of the molecule is CCCCC/C=C\C/C=C\CCCCCCCCCC(=O)OC(COC(=O)CCCCCCCCCC)COC(=O)CCCCCCCCCCCCCCCCCCCCCCCCC. The summed E-state index contributed by atoms with van der Waals surface area (Å²) in [6.45, 7) is 6.63. The van der Waals surface area contributed by atoms with E-state index in [4.69, 9.17) is 14.2 Å². The minimum absolute atomic E-state index is 0.0695. The lowest BCUT2D eigenvalue weighted by Gasteiger charge is -2.18. The van der Waals surface area contributed by atoms with Crippen LogP contribution in [0.5, 0.6) is 0 Å². The molecule has 0 aliphatic rings. The second-order valence-electron chi connectivity index (χ2n) is 19.9. The Balaban J connectivity index is 4.15. The second-order valence-corrected chi connectivity index (χ2v) is 19.9. The van der Waals surface area contributed by atoms with Crippen LogP contribution in [-0.2, 0) is 28.6 Å². The number of ether oxygens (including phenoxy) is 3. The Morgan fingerprint density at radius 1 is 0.303 bits per heavy atom. The van der Waals surface area contributed by atoms with Gasteiger partial charge in [-0.05, 0) is 51.4 Å². The highest BCUT2D eigenvalue weighted by Gasteiger charge is 2.19. The summed E-state index contributed by atoms with van der Waals surface area (Å²) in [6, 6.07) is 0. The van der Waals surface area contributed by atoms with Gasteiger partial charge in [-0.1, -0.05) is 276 Å². The maximum Gasteiger partial charge on any atom is 0.306 e.